The molecule has 1 saturated heterocycles. The third-order valence-corrected chi connectivity index (χ3v) is 2.24. The molecule has 0 saturated carbocycles. The largest absolute Gasteiger partial charge is 0.481 e. The Balaban J connectivity index is 2.25. The molecule has 1 unspecified atom stereocenters. The van der Waals surface area contributed by atoms with Crippen LogP contribution in [0.4, 0.5) is 0 Å². The Hall–Kier alpha value is -1.06. The number of likely N-dealkylation sites (tertiary alicyclic amines) is 1. The fraction of sp³-hybridized carbons (Fsp3) is 0.750. The Bertz CT molecular complexity index is 202. The van der Waals surface area contributed by atoms with E-state index in [1.807, 2.05) is 0 Å². The van der Waals surface area contributed by atoms with Gasteiger partial charge in [-0.3, -0.25) is 9.59 Å². The first kappa shape index (κ1) is 9.03. The minimum Gasteiger partial charge on any atom is -0.481 e. The van der Waals surface area contributed by atoms with Crippen molar-refractivity contribution in [1.82, 2.24) is 4.90 Å². The number of rotatable bonds is 3. The van der Waals surface area contributed by atoms with Crippen LogP contribution in [0, 0.1) is 0 Å². The minimum atomic E-state index is -0.787. The zero-order chi connectivity index (χ0) is 9.14. The summed E-state index contributed by atoms with van der Waals surface area (Å²) in [6.07, 6.45) is 1.70. The van der Waals surface area contributed by atoms with Crippen molar-refractivity contribution >= 4 is 11.9 Å². The number of carboxylic acid groups (broad SMARTS) is 1. The smallest absolute Gasteiger partial charge is 0.303 e. The summed E-state index contributed by atoms with van der Waals surface area (Å²) >= 11 is 0. The first-order valence-electron chi connectivity index (χ1n) is 4.10. The Morgan fingerprint density at radius 2 is 2.25 bits per heavy atom. The third-order valence-electron chi connectivity index (χ3n) is 2.24. The van der Waals surface area contributed by atoms with Gasteiger partial charge in [-0.1, -0.05) is 0 Å². The van der Waals surface area contributed by atoms with Gasteiger partial charge in [0, 0.05) is 25.9 Å². The van der Waals surface area contributed by atoms with Gasteiger partial charge in [0.1, 0.15) is 0 Å². The average molecular weight is 171 g/mol. The molecule has 0 aromatic carbocycles. The highest BCUT2D eigenvalue weighted by molar-refractivity contribution is 5.74. The predicted molar refractivity (Wildman–Crippen MR) is 42.7 cm³/mol. The molecule has 0 aromatic rings. The lowest BCUT2D eigenvalue weighted by molar-refractivity contribution is -0.141. The summed E-state index contributed by atoms with van der Waals surface area (Å²) in [6, 6.07) is 0.179. The SMILES string of the molecule is CC(=O)N1CCC1CCC(=O)O. The molecule has 1 aliphatic heterocycles. The van der Waals surface area contributed by atoms with E-state index in [4.69, 9.17) is 5.11 Å². The Morgan fingerprint density at radius 1 is 1.58 bits per heavy atom. The number of amides is 1. The summed E-state index contributed by atoms with van der Waals surface area (Å²) in [5.74, 6) is -0.734. The van der Waals surface area contributed by atoms with E-state index in [0.717, 1.165) is 13.0 Å². The van der Waals surface area contributed by atoms with Crippen molar-refractivity contribution in [1.29, 1.82) is 0 Å². The van der Waals surface area contributed by atoms with Gasteiger partial charge >= 0.3 is 5.97 Å². The second-order valence-electron chi connectivity index (χ2n) is 3.09. The number of hydrogen-bond donors (Lipinski definition) is 1. The van der Waals surface area contributed by atoms with Crippen molar-refractivity contribution in [2.75, 3.05) is 6.54 Å². The van der Waals surface area contributed by atoms with Crippen LogP contribution in [-0.4, -0.2) is 34.5 Å². The molecule has 4 heteroatoms. The second kappa shape index (κ2) is 3.56. The van der Waals surface area contributed by atoms with Crippen LogP contribution in [0.3, 0.4) is 0 Å². The van der Waals surface area contributed by atoms with Gasteiger partial charge in [0.15, 0.2) is 0 Å². The number of carbonyl (C=O) groups excluding carboxylic acids is 1. The summed E-state index contributed by atoms with van der Waals surface area (Å²) in [4.78, 5) is 22.8. The standard InChI is InChI=1S/C8H13NO3/c1-6(10)9-5-4-7(9)2-3-8(11)12/h7H,2-5H2,1H3,(H,11,12). The molecular formula is C8H13NO3. The Labute approximate surface area is 71.2 Å². The van der Waals surface area contributed by atoms with Crippen molar-refractivity contribution in [3.05, 3.63) is 0 Å². The van der Waals surface area contributed by atoms with Crippen molar-refractivity contribution in [2.24, 2.45) is 0 Å². The van der Waals surface area contributed by atoms with E-state index in [2.05, 4.69) is 0 Å². The summed E-state index contributed by atoms with van der Waals surface area (Å²) in [6.45, 7) is 2.31. The van der Waals surface area contributed by atoms with Gasteiger partial charge in [-0.05, 0) is 12.8 Å². The number of aliphatic carboxylic acids is 1. The van der Waals surface area contributed by atoms with Gasteiger partial charge in [0.25, 0.3) is 0 Å². The van der Waals surface area contributed by atoms with Gasteiger partial charge < -0.3 is 10.0 Å². The highest BCUT2D eigenvalue weighted by Crippen LogP contribution is 2.21. The normalized spacial score (nSPS) is 21.8. The lowest BCUT2D eigenvalue weighted by atomic mass is 9.98. The van der Waals surface area contributed by atoms with Crippen molar-refractivity contribution < 1.29 is 14.7 Å². The molecule has 0 aliphatic carbocycles. The third kappa shape index (κ3) is 1.96. The molecule has 4 nitrogen and oxygen atoms in total. The molecule has 12 heavy (non-hydrogen) atoms. The molecule has 1 rings (SSSR count). The van der Waals surface area contributed by atoms with Gasteiger partial charge in [0.05, 0.1) is 0 Å². The van der Waals surface area contributed by atoms with Crippen LogP contribution >= 0.6 is 0 Å². The molecule has 0 spiro atoms. The summed E-state index contributed by atoms with van der Waals surface area (Å²) < 4.78 is 0. The number of carbonyl (C=O) groups is 2. The van der Waals surface area contributed by atoms with Crippen molar-refractivity contribution in [2.45, 2.75) is 32.2 Å². The molecule has 1 amide bonds. The molecule has 1 atom stereocenters. The van der Waals surface area contributed by atoms with E-state index in [1.165, 1.54) is 6.92 Å². The Kier molecular flexibility index (Phi) is 2.68. The van der Waals surface area contributed by atoms with E-state index >= 15 is 0 Å². The molecule has 1 aliphatic rings. The quantitative estimate of drug-likeness (QED) is 0.671. The van der Waals surface area contributed by atoms with Crippen LogP contribution in [0.1, 0.15) is 26.2 Å². The lowest BCUT2D eigenvalue weighted by Crippen LogP contribution is -2.50. The van der Waals surface area contributed by atoms with Crippen LogP contribution in [0.2, 0.25) is 0 Å². The average Bonchev–Trinajstić information content (AvgIpc) is 1.82. The van der Waals surface area contributed by atoms with Crippen LogP contribution in [0.15, 0.2) is 0 Å². The van der Waals surface area contributed by atoms with Gasteiger partial charge in [0.2, 0.25) is 5.91 Å². The fourth-order valence-corrected chi connectivity index (χ4v) is 1.45. The maximum atomic E-state index is 10.9. The molecule has 0 bridgehead atoms. The topological polar surface area (TPSA) is 57.6 Å². The van der Waals surface area contributed by atoms with E-state index < -0.39 is 5.97 Å². The van der Waals surface area contributed by atoms with Crippen LogP contribution in [-0.2, 0) is 9.59 Å². The number of nitrogens with zero attached hydrogens (tertiary/aromatic N) is 1. The van der Waals surface area contributed by atoms with E-state index in [0.29, 0.717) is 6.42 Å². The van der Waals surface area contributed by atoms with Crippen LogP contribution < -0.4 is 0 Å². The second-order valence-corrected chi connectivity index (χ2v) is 3.09. The predicted octanol–water partition coefficient (Wildman–Crippen LogP) is 0.472. The zero-order valence-electron chi connectivity index (χ0n) is 7.12. The summed E-state index contributed by atoms with van der Waals surface area (Å²) in [5, 5.41) is 8.40. The first-order chi connectivity index (χ1) is 5.61. The number of hydrogen-bond acceptors (Lipinski definition) is 2. The molecule has 0 aromatic heterocycles. The van der Waals surface area contributed by atoms with Gasteiger partial charge in [-0.2, -0.15) is 0 Å². The summed E-state index contributed by atoms with van der Waals surface area (Å²) in [7, 11) is 0. The monoisotopic (exact) mass is 171 g/mol. The van der Waals surface area contributed by atoms with E-state index in [1.54, 1.807) is 4.90 Å². The zero-order valence-corrected chi connectivity index (χ0v) is 7.12. The minimum absolute atomic E-state index is 0.0524. The van der Waals surface area contributed by atoms with Gasteiger partial charge in [-0.15, -0.1) is 0 Å². The highest BCUT2D eigenvalue weighted by Gasteiger charge is 2.29. The van der Waals surface area contributed by atoms with E-state index in [-0.39, 0.29) is 18.4 Å². The van der Waals surface area contributed by atoms with Crippen molar-refractivity contribution in [3.8, 4) is 0 Å². The molecule has 1 fully saturated rings. The maximum absolute atomic E-state index is 10.9. The van der Waals surface area contributed by atoms with Crippen LogP contribution in [0.5, 0.6) is 0 Å². The molecular weight excluding hydrogens is 158 g/mol. The van der Waals surface area contributed by atoms with Gasteiger partial charge in [-0.25, -0.2) is 0 Å². The molecule has 1 N–H and O–H groups in total. The fourth-order valence-electron chi connectivity index (χ4n) is 1.45. The highest BCUT2D eigenvalue weighted by atomic mass is 16.4. The lowest BCUT2D eigenvalue weighted by Gasteiger charge is -2.40. The van der Waals surface area contributed by atoms with E-state index in [9.17, 15) is 9.59 Å². The van der Waals surface area contributed by atoms with Crippen molar-refractivity contribution in [3.63, 3.8) is 0 Å². The molecule has 0 radical (unpaired) electrons. The summed E-state index contributed by atoms with van der Waals surface area (Å²) in [5.41, 5.74) is 0. The maximum Gasteiger partial charge on any atom is 0.303 e. The van der Waals surface area contributed by atoms with Crippen LogP contribution in [0.25, 0.3) is 0 Å². The number of carboxylic acids is 1. The molecule has 68 valence electrons. The first-order valence-corrected chi connectivity index (χ1v) is 4.10. The Morgan fingerprint density at radius 3 is 2.58 bits per heavy atom. The molecule has 1 heterocycles.